The summed E-state index contributed by atoms with van der Waals surface area (Å²) in [7, 11) is -3.50. The normalized spacial score (nSPS) is 16.2. The van der Waals surface area contributed by atoms with E-state index in [0.29, 0.717) is 31.1 Å². The minimum Gasteiger partial charge on any atom is -0.353 e. The zero-order valence-electron chi connectivity index (χ0n) is 15.2. The van der Waals surface area contributed by atoms with Gasteiger partial charge in [-0.3, -0.25) is 4.98 Å². The molecule has 3 rings (SSSR count). The van der Waals surface area contributed by atoms with Gasteiger partial charge < -0.3 is 4.90 Å². The van der Waals surface area contributed by atoms with Gasteiger partial charge in [-0.1, -0.05) is 6.07 Å². The van der Waals surface area contributed by atoms with E-state index < -0.39 is 10.0 Å². The van der Waals surface area contributed by atoms with Crippen LogP contribution in [0.4, 0.5) is 5.82 Å². The lowest BCUT2D eigenvalue weighted by molar-refractivity contribution is 0.383. The highest BCUT2D eigenvalue weighted by Gasteiger charge is 2.32. The van der Waals surface area contributed by atoms with Gasteiger partial charge in [0.1, 0.15) is 5.82 Å². The molecule has 1 aliphatic rings. The summed E-state index contributed by atoms with van der Waals surface area (Å²) in [6.45, 7) is 9.84. The lowest BCUT2D eigenvalue weighted by atomic mass is 10.0. The van der Waals surface area contributed by atoms with E-state index in [9.17, 15) is 8.42 Å². The number of aryl methyl sites for hydroxylation is 2. The number of benzene rings is 1. The summed E-state index contributed by atoms with van der Waals surface area (Å²) in [4.78, 5) is 10.9. The fourth-order valence-electron chi connectivity index (χ4n) is 3.31. The first-order chi connectivity index (χ1) is 11.8. The molecule has 0 aliphatic carbocycles. The number of hydrogen-bond acceptors (Lipinski definition) is 5. The Kier molecular flexibility index (Phi) is 4.79. The van der Waals surface area contributed by atoms with Crippen LogP contribution >= 0.6 is 0 Å². The highest BCUT2D eigenvalue weighted by molar-refractivity contribution is 7.89. The monoisotopic (exact) mass is 360 g/mol. The second-order valence-corrected chi connectivity index (χ2v) is 8.42. The Labute approximate surface area is 149 Å². The van der Waals surface area contributed by atoms with Crippen molar-refractivity contribution >= 4 is 15.8 Å². The van der Waals surface area contributed by atoms with Crippen LogP contribution in [0.5, 0.6) is 0 Å². The number of rotatable bonds is 3. The summed E-state index contributed by atoms with van der Waals surface area (Å²) in [5.41, 5.74) is 3.72. The second-order valence-electron chi connectivity index (χ2n) is 6.54. The molecule has 0 saturated carbocycles. The maximum Gasteiger partial charge on any atom is 0.243 e. The van der Waals surface area contributed by atoms with Gasteiger partial charge in [-0.25, -0.2) is 13.4 Å². The third-order valence-corrected chi connectivity index (χ3v) is 7.18. The van der Waals surface area contributed by atoms with Crippen molar-refractivity contribution < 1.29 is 8.42 Å². The van der Waals surface area contributed by atoms with Crippen molar-refractivity contribution in [2.24, 2.45) is 0 Å². The van der Waals surface area contributed by atoms with Crippen molar-refractivity contribution in [1.29, 1.82) is 0 Å². The molecule has 2 aromatic rings. The molecule has 0 spiro atoms. The van der Waals surface area contributed by atoms with Crippen LogP contribution in [0, 0.1) is 27.7 Å². The van der Waals surface area contributed by atoms with E-state index in [1.54, 1.807) is 22.9 Å². The zero-order valence-corrected chi connectivity index (χ0v) is 16.0. The maximum absolute atomic E-state index is 13.3. The first kappa shape index (κ1) is 17.8. The van der Waals surface area contributed by atoms with Crippen LogP contribution in [0.3, 0.4) is 0 Å². The van der Waals surface area contributed by atoms with Gasteiger partial charge in [0, 0.05) is 38.6 Å². The van der Waals surface area contributed by atoms with Gasteiger partial charge >= 0.3 is 0 Å². The lowest BCUT2D eigenvalue weighted by Gasteiger charge is -2.35. The molecular formula is C18H24N4O2S. The van der Waals surface area contributed by atoms with E-state index in [0.717, 1.165) is 28.1 Å². The van der Waals surface area contributed by atoms with Crippen LogP contribution in [0.1, 0.15) is 22.3 Å². The number of hydrogen-bond donors (Lipinski definition) is 0. The van der Waals surface area contributed by atoms with Crippen LogP contribution < -0.4 is 4.90 Å². The first-order valence-electron chi connectivity index (χ1n) is 8.41. The standard InChI is InChI=1S/C18H24N4O2S/c1-13-11-14(2)16(4)18(15(13)3)25(23,24)22-9-7-21(8-10-22)17-12-19-5-6-20-17/h5-6,11-12H,7-10H2,1-4H3. The fourth-order valence-corrected chi connectivity index (χ4v) is 5.31. The van der Waals surface area contributed by atoms with E-state index >= 15 is 0 Å². The van der Waals surface area contributed by atoms with Gasteiger partial charge in [0.15, 0.2) is 0 Å². The molecule has 25 heavy (non-hydrogen) atoms. The summed E-state index contributed by atoms with van der Waals surface area (Å²) in [6, 6.07) is 2.05. The molecule has 0 N–H and O–H groups in total. The predicted octanol–water partition coefficient (Wildman–Crippen LogP) is 2.22. The highest BCUT2D eigenvalue weighted by Crippen LogP contribution is 2.29. The number of aromatic nitrogens is 2. The Balaban J connectivity index is 1.86. The van der Waals surface area contributed by atoms with Gasteiger partial charge in [0.05, 0.1) is 11.1 Å². The van der Waals surface area contributed by atoms with Crippen molar-refractivity contribution in [3.8, 4) is 0 Å². The van der Waals surface area contributed by atoms with E-state index in [1.165, 1.54) is 0 Å². The Morgan fingerprint density at radius 3 is 2.04 bits per heavy atom. The summed E-state index contributed by atoms with van der Waals surface area (Å²) >= 11 is 0. The number of nitrogens with zero attached hydrogens (tertiary/aromatic N) is 4. The van der Waals surface area contributed by atoms with Gasteiger partial charge in [0.2, 0.25) is 10.0 Å². The summed E-state index contributed by atoms with van der Waals surface area (Å²) in [5.74, 6) is 0.790. The molecule has 2 heterocycles. The minimum atomic E-state index is -3.50. The first-order valence-corrected chi connectivity index (χ1v) is 9.85. The van der Waals surface area contributed by atoms with Crippen LogP contribution in [0.25, 0.3) is 0 Å². The van der Waals surface area contributed by atoms with Gasteiger partial charge in [-0.05, 0) is 49.9 Å². The smallest absolute Gasteiger partial charge is 0.243 e. The average Bonchev–Trinajstić information content (AvgIpc) is 2.61. The van der Waals surface area contributed by atoms with Crippen LogP contribution in [-0.4, -0.2) is 48.9 Å². The maximum atomic E-state index is 13.3. The molecule has 1 fully saturated rings. The Bertz CT molecular complexity index is 847. The Morgan fingerprint density at radius 2 is 1.52 bits per heavy atom. The molecule has 1 aliphatic heterocycles. The minimum absolute atomic E-state index is 0.449. The van der Waals surface area contributed by atoms with E-state index in [-0.39, 0.29) is 0 Å². The van der Waals surface area contributed by atoms with E-state index in [1.807, 2.05) is 27.7 Å². The third kappa shape index (κ3) is 3.26. The van der Waals surface area contributed by atoms with Crippen molar-refractivity contribution in [2.45, 2.75) is 32.6 Å². The number of anilines is 1. The third-order valence-electron chi connectivity index (χ3n) is 5.01. The molecule has 1 saturated heterocycles. The second kappa shape index (κ2) is 6.72. The topological polar surface area (TPSA) is 66.4 Å². The van der Waals surface area contributed by atoms with Crippen LogP contribution in [0.2, 0.25) is 0 Å². The number of piperazine rings is 1. The van der Waals surface area contributed by atoms with Gasteiger partial charge in [0.25, 0.3) is 0 Å². The summed E-state index contributed by atoms with van der Waals surface area (Å²) < 4.78 is 28.1. The molecule has 0 unspecified atom stereocenters. The van der Waals surface area contributed by atoms with Gasteiger partial charge in [-0.2, -0.15) is 4.31 Å². The number of sulfonamides is 1. The predicted molar refractivity (Wildman–Crippen MR) is 98.4 cm³/mol. The van der Waals surface area contributed by atoms with Crippen LogP contribution in [0.15, 0.2) is 29.6 Å². The lowest BCUT2D eigenvalue weighted by Crippen LogP contribution is -2.49. The van der Waals surface area contributed by atoms with E-state index in [4.69, 9.17) is 0 Å². The molecule has 0 bridgehead atoms. The van der Waals surface area contributed by atoms with Crippen LogP contribution in [-0.2, 0) is 10.0 Å². The Hall–Kier alpha value is -1.99. The largest absolute Gasteiger partial charge is 0.353 e. The zero-order chi connectivity index (χ0) is 18.2. The quantitative estimate of drug-likeness (QED) is 0.840. The summed E-state index contributed by atoms with van der Waals surface area (Å²) in [6.07, 6.45) is 5.00. The molecule has 134 valence electrons. The average molecular weight is 360 g/mol. The molecular weight excluding hydrogens is 336 g/mol. The molecule has 0 atom stereocenters. The van der Waals surface area contributed by atoms with Crippen molar-refractivity contribution in [3.63, 3.8) is 0 Å². The van der Waals surface area contributed by atoms with Crippen molar-refractivity contribution in [1.82, 2.24) is 14.3 Å². The van der Waals surface area contributed by atoms with Crippen molar-refractivity contribution in [2.75, 3.05) is 31.1 Å². The molecule has 6 nitrogen and oxygen atoms in total. The van der Waals surface area contributed by atoms with E-state index in [2.05, 4.69) is 20.9 Å². The molecule has 0 radical (unpaired) electrons. The fraction of sp³-hybridized carbons (Fsp3) is 0.444. The molecule has 1 aromatic heterocycles. The highest BCUT2D eigenvalue weighted by atomic mass is 32.2. The molecule has 1 aromatic carbocycles. The summed E-state index contributed by atoms with van der Waals surface area (Å²) in [5, 5.41) is 0. The molecule has 0 amide bonds. The molecule has 7 heteroatoms. The van der Waals surface area contributed by atoms with Gasteiger partial charge in [-0.15, -0.1) is 0 Å². The SMILES string of the molecule is Cc1cc(C)c(C)c(S(=O)(=O)N2CCN(c3cnccn3)CC2)c1C. The Morgan fingerprint density at radius 1 is 0.920 bits per heavy atom. The van der Waals surface area contributed by atoms with Crippen molar-refractivity contribution in [3.05, 3.63) is 46.9 Å².